The van der Waals surface area contributed by atoms with Gasteiger partial charge >= 0.3 is 11.9 Å². The standard InChI is InChI=1S/C44H78O4/c1-3-5-7-9-11-13-15-17-19-21-23-25-27-30-34-38-42(39-35-31-29-32-36-40-43(45)46)48-44(47)41-37-33-28-26-24-22-20-18-16-14-12-10-8-6-4-2/h6,8,12,14,18,20,24,26,42H,3-5,7,9-11,13,15-17,19,21-23,25,27-41H2,1-2H3,(H,45,46)/b8-6-,14-12-,20-18-,26-24-. The second-order valence-corrected chi connectivity index (χ2v) is 13.8. The highest BCUT2D eigenvalue weighted by atomic mass is 16.5. The highest BCUT2D eigenvalue weighted by Crippen LogP contribution is 2.19. The van der Waals surface area contributed by atoms with Gasteiger partial charge in [0, 0.05) is 12.8 Å². The average Bonchev–Trinajstić information content (AvgIpc) is 3.07. The number of aliphatic carboxylic acids is 1. The molecule has 0 amide bonds. The summed E-state index contributed by atoms with van der Waals surface area (Å²) in [6, 6.07) is 0. The Morgan fingerprint density at radius 3 is 1.33 bits per heavy atom. The first-order chi connectivity index (χ1) is 23.6. The monoisotopic (exact) mass is 671 g/mol. The van der Waals surface area contributed by atoms with Gasteiger partial charge in [-0.2, -0.15) is 0 Å². The molecule has 0 spiro atoms. The van der Waals surface area contributed by atoms with Crippen molar-refractivity contribution in [1.29, 1.82) is 0 Å². The fourth-order valence-electron chi connectivity index (χ4n) is 6.06. The molecule has 0 fully saturated rings. The number of carboxylic acid groups (broad SMARTS) is 1. The van der Waals surface area contributed by atoms with Crippen molar-refractivity contribution in [2.45, 2.75) is 219 Å². The first kappa shape index (κ1) is 45.9. The van der Waals surface area contributed by atoms with Crippen LogP contribution >= 0.6 is 0 Å². The van der Waals surface area contributed by atoms with Gasteiger partial charge < -0.3 is 9.84 Å². The number of esters is 1. The third-order valence-corrected chi connectivity index (χ3v) is 9.07. The Morgan fingerprint density at radius 2 is 0.875 bits per heavy atom. The highest BCUT2D eigenvalue weighted by Gasteiger charge is 2.14. The van der Waals surface area contributed by atoms with Crippen LogP contribution in [0.4, 0.5) is 0 Å². The van der Waals surface area contributed by atoms with Crippen molar-refractivity contribution in [3.8, 4) is 0 Å². The van der Waals surface area contributed by atoms with Gasteiger partial charge in [0.05, 0.1) is 0 Å². The fourth-order valence-corrected chi connectivity index (χ4v) is 6.06. The molecule has 0 aromatic heterocycles. The number of carbonyl (C=O) groups excluding carboxylic acids is 1. The maximum Gasteiger partial charge on any atom is 0.306 e. The lowest BCUT2D eigenvalue weighted by Crippen LogP contribution is -2.18. The molecule has 0 radical (unpaired) electrons. The summed E-state index contributed by atoms with van der Waals surface area (Å²) in [4.78, 5) is 23.4. The summed E-state index contributed by atoms with van der Waals surface area (Å²) in [5.74, 6) is -0.739. The first-order valence-corrected chi connectivity index (χ1v) is 20.6. The van der Waals surface area contributed by atoms with Crippen molar-refractivity contribution in [2.24, 2.45) is 0 Å². The van der Waals surface area contributed by atoms with Gasteiger partial charge in [0.25, 0.3) is 0 Å². The second-order valence-electron chi connectivity index (χ2n) is 13.8. The number of rotatable bonds is 37. The van der Waals surface area contributed by atoms with E-state index in [1.165, 1.54) is 89.9 Å². The molecule has 1 atom stereocenters. The van der Waals surface area contributed by atoms with E-state index in [0.29, 0.717) is 6.42 Å². The minimum Gasteiger partial charge on any atom is -0.481 e. The number of unbranched alkanes of at least 4 members (excludes halogenated alkanes) is 20. The number of hydrogen-bond donors (Lipinski definition) is 1. The Kier molecular flexibility index (Phi) is 37.6. The van der Waals surface area contributed by atoms with Gasteiger partial charge in [-0.15, -0.1) is 0 Å². The lowest BCUT2D eigenvalue weighted by Gasteiger charge is -2.18. The summed E-state index contributed by atoms with van der Waals surface area (Å²) < 4.78 is 5.99. The summed E-state index contributed by atoms with van der Waals surface area (Å²) in [5, 5.41) is 8.83. The van der Waals surface area contributed by atoms with Crippen molar-refractivity contribution in [2.75, 3.05) is 0 Å². The fraction of sp³-hybridized carbons (Fsp3) is 0.773. The van der Waals surface area contributed by atoms with E-state index in [-0.39, 0.29) is 18.5 Å². The van der Waals surface area contributed by atoms with Gasteiger partial charge in [-0.3, -0.25) is 9.59 Å². The summed E-state index contributed by atoms with van der Waals surface area (Å²) in [5.41, 5.74) is 0. The topological polar surface area (TPSA) is 63.6 Å². The predicted molar refractivity (Wildman–Crippen MR) is 209 cm³/mol. The molecule has 4 nitrogen and oxygen atoms in total. The third kappa shape index (κ3) is 38.3. The minimum atomic E-state index is -0.705. The Hall–Kier alpha value is -2.10. The van der Waals surface area contributed by atoms with E-state index in [0.717, 1.165) is 96.3 Å². The number of ether oxygens (including phenoxy) is 1. The maximum atomic E-state index is 12.7. The van der Waals surface area contributed by atoms with Crippen LogP contribution in [0, 0.1) is 0 Å². The molecule has 0 bridgehead atoms. The predicted octanol–water partition coefficient (Wildman–Crippen LogP) is 14.3. The van der Waals surface area contributed by atoms with Crippen LogP contribution in [0.25, 0.3) is 0 Å². The molecule has 0 saturated carbocycles. The van der Waals surface area contributed by atoms with Gasteiger partial charge in [-0.1, -0.05) is 172 Å². The normalized spacial score (nSPS) is 12.7. The molecule has 4 heteroatoms. The largest absolute Gasteiger partial charge is 0.481 e. The van der Waals surface area contributed by atoms with E-state index >= 15 is 0 Å². The molecule has 0 saturated heterocycles. The molecular weight excluding hydrogens is 592 g/mol. The molecule has 1 N–H and O–H groups in total. The van der Waals surface area contributed by atoms with Crippen molar-refractivity contribution in [3.63, 3.8) is 0 Å². The lowest BCUT2D eigenvalue weighted by atomic mass is 10.0. The summed E-state index contributed by atoms with van der Waals surface area (Å²) >= 11 is 0. The van der Waals surface area contributed by atoms with E-state index in [9.17, 15) is 9.59 Å². The Morgan fingerprint density at radius 1 is 0.479 bits per heavy atom. The van der Waals surface area contributed by atoms with Gasteiger partial charge in [-0.25, -0.2) is 0 Å². The SMILES string of the molecule is CC/C=C\C/C=C\C/C=C\C/C=C\CCCCC(=O)OC(CCCCCCCCCCCCCCCCC)CCCCCCCC(=O)O. The average molecular weight is 671 g/mol. The second kappa shape index (κ2) is 39.3. The van der Waals surface area contributed by atoms with Crippen LogP contribution < -0.4 is 0 Å². The third-order valence-electron chi connectivity index (χ3n) is 9.07. The van der Waals surface area contributed by atoms with Crippen molar-refractivity contribution < 1.29 is 19.4 Å². The molecule has 0 aromatic carbocycles. The van der Waals surface area contributed by atoms with Crippen molar-refractivity contribution in [3.05, 3.63) is 48.6 Å². The van der Waals surface area contributed by atoms with Gasteiger partial charge in [-0.05, 0) is 77.0 Å². The van der Waals surface area contributed by atoms with Crippen LogP contribution in [0.2, 0.25) is 0 Å². The molecule has 1 unspecified atom stereocenters. The summed E-state index contributed by atoms with van der Waals surface area (Å²) in [6.45, 7) is 4.44. The molecule has 0 rings (SSSR count). The number of hydrogen-bond acceptors (Lipinski definition) is 3. The van der Waals surface area contributed by atoms with Crippen LogP contribution in [-0.2, 0) is 14.3 Å². The van der Waals surface area contributed by atoms with E-state index < -0.39 is 5.97 Å². The number of carbonyl (C=O) groups is 2. The van der Waals surface area contributed by atoms with Crippen LogP contribution in [0.1, 0.15) is 213 Å². The van der Waals surface area contributed by atoms with Gasteiger partial charge in [0.2, 0.25) is 0 Å². The molecule has 48 heavy (non-hydrogen) atoms. The van der Waals surface area contributed by atoms with E-state index in [1.807, 2.05) is 0 Å². The van der Waals surface area contributed by atoms with Crippen LogP contribution in [0.3, 0.4) is 0 Å². The number of carboxylic acids is 1. The molecule has 0 aromatic rings. The van der Waals surface area contributed by atoms with E-state index in [1.54, 1.807) is 0 Å². The van der Waals surface area contributed by atoms with E-state index in [4.69, 9.17) is 9.84 Å². The molecule has 0 heterocycles. The maximum absolute atomic E-state index is 12.7. The van der Waals surface area contributed by atoms with Crippen molar-refractivity contribution in [1.82, 2.24) is 0 Å². The smallest absolute Gasteiger partial charge is 0.306 e. The molecule has 278 valence electrons. The summed E-state index contributed by atoms with van der Waals surface area (Å²) in [7, 11) is 0. The number of allylic oxidation sites excluding steroid dienone is 8. The first-order valence-electron chi connectivity index (χ1n) is 20.6. The Labute approximate surface area is 298 Å². The molecule has 0 aliphatic carbocycles. The zero-order chi connectivity index (χ0) is 35.0. The highest BCUT2D eigenvalue weighted by molar-refractivity contribution is 5.69. The molecule has 0 aliphatic heterocycles. The van der Waals surface area contributed by atoms with Crippen LogP contribution in [0.5, 0.6) is 0 Å². The van der Waals surface area contributed by atoms with Gasteiger partial charge in [0.15, 0.2) is 0 Å². The van der Waals surface area contributed by atoms with E-state index in [2.05, 4.69) is 62.5 Å². The van der Waals surface area contributed by atoms with Crippen LogP contribution in [-0.4, -0.2) is 23.1 Å². The zero-order valence-electron chi connectivity index (χ0n) is 31.8. The quantitative estimate of drug-likeness (QED) is 0.0406. The summed E-state index contributed by atoms with van der Waals surface area (Å²) in [6.07, 6.45) is 52.7. The Balaban J connectivity index is 4.11. The minimum absolute atomic E-state index is 0.0347. The molecule has 0 aliphatic rings. The Bertz CT molecular complexity index is 809. The van der Waals surface area contributed by atoms with Crippen molar-refractivity contribution >= 4 is 11.9 Å². The van der Waals surface area contributed by atoms with Crippen LogP contribution in [0.15, 0.2) is 48.6 Å². The zero-order valence-corrected chi connectivity index (χ0v) is 31.8. The molecular formula is C44H78O4. The lowest BCUT2D eigenvalue weighted by molar-refractivity contribution is -0.150. The van der Waals surface area contributed by atoms with Gasteiger partial charge in [0.1, 0.15) is 6.10 Å².